The van der Waals surface area contributed by atoms with E-state index in [0.29, 0.717) is 5.56 Å². The Hall–Kier alpha value is -2.40. The van der Waals surface area contributed by atoms with Crippen LogP contribution in [0.5, 0.6) is 0 Å². The van der Waals surface area contributed by atoms with E-state index < -0.39 is 5.54 Å². The van der Waals surface area contributed by atoms with Crippen molar-refractivity contribution in [2.75, 3.05) is 7.11 Å². The van der Waals surface area contributed by atoms with Gasteiger partial charge in [-0.15, -0.1) is 11.3 Å². The second-order valence-corrected chi connectivity index (χ2v) is 7.54. The van der Waals surface area contributed by atoms with Gasteiger partial charge in [0.2, 0.25) is 0 Å². The van der Waals surface area contributed by atoms with Gasteiger partial charge in [0.05, 0.1) is 7.11 Å². The fraction of sp³-hybridized carbons (Fsp3) is 0.300. The molecule has 0 saturated heterocycles. The molecule has 1 heterocycles. The van der Waals surface area contributed by atoms with Gasteiger partial charge < -0.3 is 10.1 Å². The molecule has 1 amide bonds. The molecule has 1 fully saturated rings. The zero-order chi connectivity index (χ0) is 17.4. The molecule has 128 valence electrons. The third kappa shape index (κ3) is 2.42. The van der Waals surface area contributed by atoms with E-state index in [2.05, 4.69) is 17.5 Å². The second-order valence-electron chi connectivity index (χ2n) is 6.56. The highest BCUT2D eigenvalue weighted by molar-refractivity contribution is 7.10. The van der Waals surface area contributed by atoms with Crippen molar-refractivity contribution in [3.63, 3.8) is 0 Å². The number of benzene rings is 1. The minimum atomic E-state index is -1.05. The molecule has 1 aromatic heterocycles. The Kier molecular flexibility index (Phi) is 3.96. The fourth-order valence-corrected chi connectivity index (χ4v) is 5.28. The van der Waals surface area contributed by atoms with E-state index in [1.54, 1.807) is 23.5 Å². The van der Waals surface area contributed by atoms with Crippen LogP contribution in [0.1, 0.15) is 27.6 Å². The lowest BCUT2D eigenvalue weighted by molar-refractivity contribution is -0.150. The van der Waals surface area contributed by atoms with Crippen molar-refractivity contribution in [2.45, 2.75) is 17.9 Å². The van der Waals surface area contributed by atoms with E-state index in [1.807, 2.05) is 35.7 Å². The standard InChI is InChI=1S/C20H19NO3S/c1-24-19(23)20(21-18(22)13-6-3-2-4-7-13)15-10-9-14(12-15)17(20)16-8-5-11-25-16/h2-11,14-15,17H,12H2,1H3,(H,21,22)/t14?,15?,17-,20-/m1/s1. The molecule has 2 unspecified atom stereocenters. The van der Waals surface area contributed by atoms with Gasteiger partial charge in [-0.25, -0.2) is 4.79 Å². The van der Waals surface area contributed by atoms with Crippen molar-refractivity contribution in [1.29, 1.82) is 0 Å². The molecule has 0 radical (unpaired) electrons. The van der Waals surface area contributed by atoms with Gasteiger partial charge in [-0.1, -0.05) is 36.4 Å². The average Bonchev–Trinajstić information content (AvgIpc) is 3.38. The first kappa shape index (κ1) is 16.1. The highest BCUT2D eigenvalue weighted by Crippen LogP contribution is 2.56. The maximum absolute atomic E-state index is 12.9. The number of fused-ring (bicyclic) bond motifs is 2. The van der Waals surface area contributed by atoms with E-state index in [4.69, 9.17) is 4.74 Å². The van der Waals surface area contributed by atoms with Crippen LogP contribution in [0.2, 0.25) is 0 Å². The third-order valence-corrected chi connectivity index (χ3v) is 6.30. The predicted molar refractivity (Wildman–Crippen MR) is 96.5 cm³/mol. The Morgan fingerprint density at radius 2 is 1.96 bits per heavy atom. The number of carbonyl (C=O) groups is 2. The monoisotopic (exact) mass is 353 g/mol. The number of allylic oxidation sites excluding steroid dienone is 1. The number of amides is 1. The number of carbonyl (C=O) groups excluding carboxylic acids is 2. The van der Waals surface area contributed by atoms with Crippen LogP contribution in [0.15, 0.2) is 60.0 Å². The third-order valence-electron chi connectivity index (χ3n) is 5.35. The van der Waals surface area contributed by atoms with E-state index in [1.165, 1.54) is 7.11 Å². The normalized spacial score (nSPS) is 29.6. The number of ether oxygens (including phenoxy) is 1. The van der Waals surface area contributed by atoms with E-state index in [0.717, 1.165) is 11.3 Å². The Balaban J connectivity index is 1.78. The Morgan fingerprint density at radius 3 is 2.64 bits per heavy atom. The zero-order valence-electron chi connectivity index (χ0n) is 13.8. The van der Waals surface area contributed by atoms with Gasteiger partial charge in [0, 0.05) is 22.3 Å². The molecule has 4 atom stereocenters. The van der Waals surface area contributed by atoms with Crippen molar-refractivity contribution in [3.8, 4) is 0 Å². The van der Waals surface area contributed by atoms with E-state index >= 15 is 0 Å². The topological polar surface area (TPSA) is 55.4 Å². The number of rotatable bonds is 4. The Morgan fingerprint density at radius 1 is 1.16 bits per heavy atom. The summed E-state index contributed by atoms with van der Waals surface area (Å²) < 4.78 is 5.17. The lowest BCUT2D eigenvalue weighted by Gasteiger charge is -2.39. The van der Waals surface area contributed by atoms with Gasteiger partial charge in [0.15, 0.2) is 5.54 Å². The smallest absolute Gasteiger partial charge is 0.332 e. The summed E-state index contributed by atoms with van der Waals surface area (Å²) in [6.07, 6.45) is 5.08. The number of methoxy groups -OCH3 is 1. The molecule has 4 rings (SSSR count). The van der Waals surface area contributed by atoms with Crippen molar-refractivity contribution in [3.05, 3.63) is 70.4 Å². The number of esters is 1. The molecule has 1 aromatic carbocycles. The number of hydrogen-bond acceptors (Lipinski definition) is 4. The SMILES string of the molecule is COC(=O)[C@@]1(NC(=O)c2ccccc2)C2C=CC(C2)[C@@H]1c1cccs1. The number of hydrogen-bond donors (Lipinski definition) is 1. The average molecular weight is 353 g/mol. The number of thiophene rings is 1. The summed E-state index contributed by atoms with van der Waals surface area (Å²) in [7, 11) is 1.39. The molecular weight excluding hydrogens is 334 g/mol. The van der Waals surface area contributed by atoms with Gasteiger partial charge >= 0.3 is 5.97 Å². The molecule has 2 aromatic rings. The van der Waals surface area contributed by atoms with Crippen molar-refractivity contribution in [2.24, 2.45) is 11.8 Å². The minimum absolute atomic E-state index is 0.0512. The summed E-state index contributed by atoms with van der Waals surface area (Å²) in [5.41, 5.74) is -0.506. The second kappa shape index (κ2) is 6.15. The lowest BCUT2D eigenvalue weighted by Crippen LogP contribution is -2.61. The highest BCUT2D eigenvalue weighted by atomic mass is 32.1. The van der Waals surface area contributed by atoms with Crippen LogP contribution < -0.4 is 5.32 Å². The largest absolute Gasteiger partial charge is 0.467 e. The first-order valence-corrected chi connectivity index (χ1v) is 9.22. The van der Waals surface area contributed by atoms with E-state index in [9.17, 15) is 9.59 Å². The number of nitrogens with one attached hydrogen (secondary N) is 1. The van der Waals surface area contributed by atoms with Crippen molar-refractivity contribution < 1.29 is 14.3 Å². The molecule has 2 aliphatic carbocycles. The van der Waals surface area contributed by atoms with Crippen LogP contribution in [-0.4, -0.2) is 24.5 Å². The summed E-state index contributed by atoms with van der Waals surface area (Å²) in [5, 5.41) is 5.08. The van der Waals surface area contributed by atoms with Crippen LogP contribution in [0.3, 0.4) is 0 Å². The fourth-order valence-electron chi connectivity index (χ4n) is 4.30. The van der Waals surface area contributed by atoms with Crippen LogP contribution >= 0.6 is 11.3 Å². The van der Waals surface area contributed by atoms with E-state index in [-0.39, 0.29) is 29.6 Å². The summed E-state index contributed by atoms with van der Waals surface area (Å²) in [4.78, 5) is 26.9. The van der Waals surface area contributed by atoms with Crippen molar-refractivity contribution in [1.82, 2.24) is 5.32 Å². The lowest BCUT2D eigenvalue weighted by atomic mass is 9.74. The molecule has 2 bridgehead atoms. The van der Waals surface area contributed by atoms with Gasteiger partial charge in [0.25, 0.3) is 5.91 Å². The van der Waals surface area contributed by atoms with Crippen LogP contribution in [0, 0.1) is 11.8 Å². The molecule has 2 aliphatic rings. The summed E-state index contributed by atoms with van der Waals surface area (Å²) in [6.45, 7) is 0. The molecule has 1 N–H and O–H groups in total. The quantitative estimate of drug-likeness (QED) is 0.677. The first-order valence-electron chi connectivity index (χ1n) is 8.34. The minimum Gasteiger partial charge on any atom is -0.467 e. The predicted octanol–water partition coefficient (Wildman–Crippen LogP) is 3.38. The summed E-state index contributed by atoms with van der Waals surface area (Å²) in [6, 6.07) is 13.0. The maximum Gasteiger partial charge on any atom is 0.332 e. The molecule has 0 spiro atoms. The molecule has 5 heteroatoms. The summed E-state index contributed by atoms with van der Waals surface area (Å²) >= 11 is 1.62. The first-order chi connectivity index (χ1) is 12.2. The molecule has 1 saturated carbocycles. The maximum atomic E-state index is 12.9. The Labute approximate surface area is 150 Å². The van der Waals surface area contributed by atoms with Crippen LogP contribution in [0.4, 0.5) is 0 Å². The Bertz CT molecular complexity index is 815. The van der Waals surface area contributed by atoms with Gasteiger partial charge in [-0.2, -0.15) is 0 Å². The molecule has 4 nitrogen and oxygen atoms in total. The van der Waals surface area contributed by atoms with Gasteiger partial charge in [-0.05, 0) is 35.9 Å². The van der Waals surface area contributed by atoms with Gasteiger partial charge in [0.1, 0.15) is 0 Å². The molecular formula is C20H19NO3S. The van der Waals surface area contributed by atoms with Crippen LogP contribution in [-0.2, 0) is 9.53 Å². The zero-order valence-corrected chi connectivity index (χ0v) is 14.7. The highest BCUT2D eigenvalue weighted by Gasteiger charge is 2.63. The molecule has 25 heavy (non-hydrogen) atoms. The summed E-state index contributed by atoms with van der Waals surface area (Å²) in [5.74, 6) is -0.522. The van der Waals surface area contributed by atoms with Crippen molar-refractivity contribution >= 4 is 23.2 Å². The van der Waals surface area contributed by atoms with Crippen LogP contribution in [0.25, 0.3) is 0 Å². The van der Waals surface area contributed by atoms with Gasteiger partial charge in [-0.3, -0.25) is 4.79 Å². The molecule has 0 aliphatic heterocycles.